The minimum atomic E-state index is -4.90. The Bertz CT molecular complexity index is 1560. The van der Waals surface area contributed by atoms with Crippen molar-refractivity contribution in [2.75, 3.05) is 0 Å². The molecule has 0 saturated carbocycles. The summed E-state index contributed by atoms with van der Waals surface area (Å²) in [7, 11) is 0. The van der Waals surface area contributed by atoms with Gasteiger partial charge in [-0.3, -0.25) is 9.78 Å². The summed E-state index contributed by atoms with van der Waals surface area (Å²) in [6.45, 7) is 16.3. The van der Waals surface area contributed by atoms with Crippen LogP contribution in [-0.2, 0) is 30.3 Å². The van der Waals surface area contributed by atoms with E-state index < -0.39 is 23.6 Å². The molecule has 1 aromatic heterocycles. The van der Waals surface area contributed by atoms with E-state index >= 15 is 0 Å². The molecule has 4 aromatic rings. The summed E-state index contributed by atoms with van der Waals surface area (Å²) in [6.07, 6.45) is -4.70. The van der Waals surface area contributed by atoms with Gasteiger partial charge in [0.05, 0.1) is 11.3 Å². The molecule has 0 saturated heterocycles. The van der Waals surface area contributed by atoms with E-state index in [1.807, 2.05) is 0 Å². The van der Waals surface area contributed by atoms with Crippen molar-refractivity contribution >= 4 is 27.5 Å². The normalized spacial score (nSPS) is 12.2. The van der Waals surface area contributed by atoms with E-state index in [0.717, 1.165) is 22.2 Å². The predicted molar refractivity (Wildman–Crippen MR) is 153 cm³/mol. The van der Waals surface area contributed by atoms with Gasteiger partial charge in [-0.05, 0) is 48.9 Å². The number of benzene rings is 3. The van der Waals surface area contributed by atoms with Gasteiger partial charge in [0.25, 0.3) is 5.78 Å². The summed E-state index contributed by atoms with van der Waals surface area (Å²) in [5.41, 5.74) is 8.35. The molecule has 1 radical (unpaired) electrons. The Morgan fingerprint density at radius 1 is 0.975 bits per heavy atom. The zero-order valence-corrected chi connectivity index (χ0v) is 26.4. The molecule has 7 heteroatoms. The molecule has 1 heterocycles. The van der Waals surface area contributed by atoms with E-state index in [9.17, 15) is 18.0 Å². The second kappa shape index (κ2) is 12.7. The van der Waals surface area contributed by atoms with Gasteiger partial charge in [-0.25, -0.2) is 0 Å². The van der Waals surface area contributed by atoms with Gasteiger partial charge in [0, 0.05) is 43.2 Å². The molecule has 40 heavy (non-hydrogen) atoms. The van der Waals surface area contributed by atoms with E-state index in [4.69, 9.17) is 10.1 Å². The van der Waals surface area contributed by atoms with Crippen LogP contribution in [0.25, 0.3) is 32.9 Å². The molecule has 0 spiro atoms. The number of allylic oxidation sites excluding steroid dienone is 2. The van der Waals surface area contributed by atoms with E-state index in [1.54, 1.807) is 0 Å². The molecule has 0 atom stereocenters. The first-order valence-electron chi connectivity index (χ1n) is 12.8. The average Bonchev–Trinajstić information content (AvgIpc) is 2.81. The van der Waals surface area contributed by atoms with Gasteiger partial charge in [0.15, 0.2) is 0 Å². The second-order valence-corrected chi connectivity index (χ2v) is 11.3. The number of hydrogen-bond acceptors (Lipinski definition) is 3. The first kappa shape index (κ1) is 33.2. The summed E-state index contributed by atoms with van der Waals surface area (Å²) in [5, 5.41) is 12.5. The van der Waals surface area contributed by atoms with Crippen molar-refractivity contribution < 1.29 is 43.2 Å². The minimum Gasteiger partial charge on any atom is -0.512 e. The smallest absolute Gasteiger partial charge is 0.454 e. The van der Waals surface area contributed by atoms with Crippen LogP contribution < -0.4 is 0 Å². The monoisotopic (exact) mass is 727 g/mol. The Balaban J connectivity index is 0.000000369. The number of ketones is 1. The first-order chi connectivity index (χ1) is 18.0. The molecule has 0 aliphatic heterocycles. The first-order valence-corrected chi connectivity index (χ1v) is 12.8. The number of carbonyl (C=O) groups is 1. The van der Waals surface area contributed by atoms with Gasteiger partial charge >= 0.3 is 6.18 Å². The van der Waals surface area contributed by atoms with Crippen LogP contribution >= 0.6 is 0 Å². The van der Waals surface area contributed by atoms with Crippen molar-refractivity contribution in [3.63, 3.8) is 0 Å². The maximum absolute atomic E-state index is 11.6. The van der Waals surface area contributed by atoms with Crippen molar-refractivity contribution in [3.8, 4) is 11.3 Å². The van der Waals surface area contributed by atoms with Crippen molar-refractivity contribution in [1.82, 2.24) is 4.98 Å². The number of pyridine rings is 1. The molecule has 0 aliphatic rings. The second-order valence-electron chi connectivity index (χ2n) is 11.3. The molecular weight excluding hydrogens is 692 g/mol. The Morgan fingerprint density at radius 2 is 1.57 bits per heavy atom. The number of aryl methyl sites for hydroxylation is 3. The largest absolute Gasteiger partial charge is 0.512 e. The van der Waals surface area contributed by atoms with Crippen molar-refractivity contribution in [2.24, 2.45) is 5.92 Å². The number of hydrogen-bond donors (Lipinski definition) is 1. The molecule has 3 aromatic carbocycles. The zero-order chi connectivity index (χ0) is 29.3. The van der Waals surface area contributed by atoms with Gasteiger partial charge in [-0.2, -0.15) is 13.2 Å². The average molecular weight is 727 g/mol. The zero-order valence-electron chi connectivity index (χ0n) is 24.0. The fraction of sp³-hybridized carbons (Fsp3) is 0.333. The number of carbonyl (C=O) groups excluding carboxylic acids is 1. The summed E-state index contributed by atoms with van der Waals surface area (Å²) in [4.78, 5) is 15.2. The van der Waals surface area contributed by atoms with Crippen LogP contribution in [0.5, 0.6) is 0 Å². The van der Waals surface area contributed by atoms with Crippen molar-refractivity contribution in [2.45, 2.75) is 67.0 Å². The number of rotatable bonds is 3. The summed E-state index contributed by atoms with van der Waals surface area (Å²) < 4.78 is 34.7. The Kier molecular flexibility index (Phi) is 10.5. The van der Waals surface area contributed by atoms with Crippen LogP contribution in [0.1, 0.15) is 56.9 Å². The number of aromatic nitrogens is 1. The molecule has 0 fully saturated rings. The standard InChI is InChI=1S/C26H26N.C7H9F3O2.Ir/c1-16-11-17(2)25-18(3)13-23(27-24(25)12-16)20-14-19-9-7-8-10-21(19)22(15-20)26(4,5)6;1-4(2)5(11)3-6(12)7(8,9)10;/h7-13,15H,1-6H3;3-4,11H,1-2H3;/q-1;;/b;5-3-;. The van der Waals surface area contributed by atoms with Crippen LogP contribution in [0, 0.1) is 32.8 Å². The summed E-state index contributed by atoms with van der Waals surface area (Å²) in [6, 6.07) is 21.1. The fourth-order valence-corrected chi connectivity index (χ4v) is 4.50. The summed E-state index contributed by atoms with van der Waals surface area (Å²) >= 11 is 0. The predicted octanol–water partition coefficient (Wildman–Crippen LogP) is 9.29. The van der Waals surface area contributed by atoms with Crippen LogP contribution in [0.15, 0.2) is 60.4 Å². The number of fused-ring (bicyclic) bond motifs is 2. The number of aliphatic hydroxyl groups excluding tert-OH is 1. The van der Waals surface area contributed by atoms with Crippen LogP contribution in [-0.4, -0.2) is 22.1 Å². The molecular formula is C33H35F3IrNO2-. The molecule has 0 aliphatic carbocycles. The Morgan fingerprint density at radius 3 is 2.15 bits per heavy atom. The third-order valence-corrected chi connectivity index (χ3v) is 6.46. The number of alkyl halides is 3. The Labute approximate surface area is 247 Å². The maximum Gasteiger partial charge on any atom is 0.454 e. The molecule has 0 unspecified atom stereocenters. The van der Waals surface area contributed by atoms with E-state index in [1.165, 1.54) is 46.9 Å². The molecule has 0 amide bonds. The number of aliphatic hydroxyl groups is 1. The van der Waals surface area contributed by atoms with E-state index in [0.29, 0.717) is 0 Å². The number of nitrogens with zero attached hydrogens (tertiary/aromatic N) is 1. The SMILES string of the molecule is CC(C)/C(O)=C/C(=O)C(F)(F)F.Cc1cc(C)c2c(C)cc(-c3[c-]c4ccccc4c(C(C)(C)C)c3)nc2c1.[Ir]. The van der Waals surface area contributed by atoms with E-state index in [-0.39, 0.29) is 31.6 Å². The van der Waals surface area contributed by atoms with Gasteiger partial charge in [0.1, 0.15) is 0 Å². The molecule has 215 valence electrons. The molecule has 1 N–H and O–H groups in total. The van der Waals surface area contributed by atoms with Crippen molar-refractivity contribution in [1.29, 1.82) is 0 Å². The van der Waals surface area contributed by atoms with E-state index in [2.05, 4.69) is 96.1 Å². The van der Waals surface area contributed by atoms with Gasteiger partial charge in [0.2, 0.25) is 0 Å². The Hall–Kier alpha value is -3.02. The van der Waals surface area contributed by atoms with Gasteiger partial charge < -0.3 is 5.11 Å². The van der Waals surface area contributed by atoms with Crippen LogP contribution in [0.4, 0.5) is 13.2 Å². The third kappa shape index (κ3) is 7.80. The third-order valence-electron chi connectivity index (χ3n) is 6.46. The summed E-state index contributed by atoms with van der Waals surface area (Å²) in [5.74, 6) is -3.07. The van der Waals surface area contributed by atoms with Gasteiger partial charge in [-0.15, -0.1) is 29.1 Å². The topological polar surface area (TPSA) is 50.2 Å². The minimum absolute atomic E-state index is 0. The van der Waals surface area contributed by atoms with Gasteiger partial charge in [-0.1, -0.05) is 75.9 Å². The molecule has 4 rings (SSSR count). The number of halogens is 3. The van der Waals surface area contributed by atoms with Crippen molar-refractivity contribution in [3.05, 3.63) is 88.7 Å². The molecule has 3 nitrogen and oxygen atoms in total. The maximum atomic E-state index is 11.6. The molecule has 0 bridgehead atoms. The van der Waals surface area contributed by atoms with Crippen LogP contribution in [0.3, 0.4) is 0 Å². The quantitative estimate of drug-likeness (QED) is 0.130. The fourth-order valence-electron chi connectivity index (χ4n) is 4.50. The van der Waals surface area contributed by atoms with Crippen LogP contribution in [0.2, 0.25) is 0 Å².